The molecule has 1 aromatic rings. The maximum absolute atomic E-state index is 5.71. The van der Waals surface area contributed by atoms with E-state index in [1.54, 1.807) is 0 Å². The highest BCUT2D eigenvalue weighted by Crippen LogP contribution is 2.23. The van der Waals surface area contributed by atoms with E-state index in [0.717, 1.165) is 32.1 Å². The number of nitrogens with zero attached hydrogens (tertiary/aromatic N) is 2. The molecule has 94 valence electrons. The molecule has 0 bridgehead atoms. The predicted octanol–water partition coefficient (Wildman–Crippen LogP) is 1.83. The highest BCUT2D eigenvalue weighted by atomic mass is 15.2. The van der Waals surface area contributed by atoms with Gasteiger partial charge in [-0.25, -0.2) is 0 Å². The van der Waals surface area contributed by atoms with Gasteiger partial charge in [0.15, 0.2) is 0 Å². The third-order valence-electron chi connectivity index (χ3n) is 3.69. The van der Waals surface area contributed by atoms with Crippen molar-refractivity contribution in [1.29, 1.82) is 0 Å². The van der Waals surface area contributed by atoms with Crippen LogP contribution in [-0.2, 0) is 6.42 Å². The van der Waals surface area contributed by atoms with Crippen LogP contribution < -0.4 is 5.73 Å². The molecule has 2 N–H and O–H groups in total. The largest absolute Gasteiger partial charge is 0.329 e. The molecule has 1 heterocycles. The van der Waals surface area contributed by atoms with Crippen LogP contribution in [0.25, 0.3) is 0 Å². The van der Waals surface area contributed by atoms with Crippen molar-refractivity contribution in [3.05, 3.63) is 30.1 Å². The monoisotopic (exact) mass is 233 g/mol. The predicted molar refractivity (Wildman–Crippen MR) is 70.8 cm³/mol. The number of hydrogen-bond donors (Lipinski definition) is 1. The Morgan fingerprint density at radius 2 is 1.88 bits per heavy atom. The summed E-state index contributed by atoms with van der Waals surface area (Å²) in [6.45, 7) is 2.94. The zero-order valence-electron chi connectivity index (χ0n) is 10.5. The maximum Gasteiger partial charge on any atom is 0.0270 e. The first kappa shape index (κ1) is 12.5. The van der Waals surface area contributed by atoms with Crippen molar-refractivity contribution in [2.75, 3.05) is 19.6 Å². The van der Waals surface area contributed by atoms with E-state index in [4.69, 9.17) is 5.73 Å². The molecular formula is C14H23N3. The van der Waals surface area contributed by atoms with E-state index in [-0.39, 0.29) is 0 Å². The molecule has 0 aromatic carbocycles. The van der Waals surface area contributed by atoms with Gasteiger partial charge < -0.3 is 5.73 Å². The van der Waals surface area contributed by atoms with E-state index in [2.05, 4.69) is 22.0 Å². The van der Waals surface area contributed by atoms with Crippen LogP contribution in [0.4, 0.5) is 0 Å². The topological polar surface area (TPSA) is 42.1 Å². The van der Waals surface area contributed by atoms with E-state index in [0.29, 0.717) is 0 Å². The summed E-state index contributed by atoms with van der Waals surface area (Å²) >= 11 is 0. The number of aromatic nitrogens is 1. The van der Waals surface area contributed by atoms with E-state index in [9.17, 15) is 0 Å². The van der Waals surface area contributed by atoms with Crippen molar-refractivity contribution in [3.63, 3.8) is 0 Å². The lowest BCUT2D eigenvalue weighted by atomic mass is 10.1. The van der Waals surface area contributed by atoms with E-state index >= 15 is 0 Å². The van der Waals surface area contributed by atoms with Gasteiger partial charge in [-0.05, 0) is 37.0 Å². The first-order chi connectivity index (χ1) is 8.40. The van der Waals surface area contributed by atoms with Crippen LogP contribution in [0.2, 0.25) is 0 Å². The van der Waals surface area contributed by atoms with Crippen molar-refractivity contribution < 1.29 is 0 Å². The van der Waals surface area contributed by atoms with Gasteiger partial charge in [0, 0.05) is 38.1 Å². The second-order valence-corrected chi connectivity index (χ2v) is 4.87. The lowest BCUT2D eigenvalue weighted by Crippen LogP contribution is -2.38. The van der Waals surface area contributed by atoms with E-state index in [1.807, 2.05) is 12.4 Å². The first-order valence-corrected chi connectivity index (χ1v) is 6.73. The summed E-state index contributed by atoms with van der Waals surface area (Å²) in [5, 5.41) is 0. The SMILES string of the molecule is NCCN(CCc1ccncc1)C1CCCC1. The van der Waals surface area contributed by atoms with Crippen LogP contribution in [0.5, 0.6) is 0 Å². The molecule has 2 rings (SSSR count). The molecule has 17 heavy (non-hydrogen) atoms. The number of rotatable bonds is 6. The number of hydrogen-bond acceptors (Lipinski definition) is 3. The fourth-order valence-corrected chi connectivity index (χ4v) is 2.73. The van der Waals surface area contributed by atoms with Crippen molar-refractivity contribution in [2.24, 2.45) is 5.73 Å². The third kappa shape index (κ3) is 3.79. The molecule has 1 aromatic heterocycles. The average Bonchev–Trinajstić information content (AvgIpc) is 2.89. The van der Waals surface area contributed by atoms with Gasteiger partial charge in [-0.1, -0.05) is 12.8 Å². The van der Waals surface area contributed by atoms with Crippen LogP contribution in [0.3, 0.4) is 0 Å². The van der Waals surface area contributed by atoms with Gasteiger partial charge in [0.2, 0.25) is 0 Å². The molecule has 0 amide bonds. The fourth-order valence-electron chi connectivity index (χ4n) is 2.73. The summed E-state index contributed by atoms with van der Waals surface area (Å²) in [6, 6.07) is 4.99. The molecule has 0 saturated heterocycles. The Morgan fingerprint density at radius 1 is 1.18 bits per heavy atom. The summed E-state index contributed by atoms with van der Waals surface area (Å²) in [5.74, 6) is 0. The zero-order valence-corrected chi connectivity index (χ0v) is 10.5. The van der Waals surface area contributed by atoms with Crippen LogP contribution in [0.15, 0.2) is 24.5 Å². The summed E-state index contributed by atoms with van der Waals surface area (Å²) in [6.07, 6.45) is 10.4. The van der Waals surface area contributed by atoms with E-state index in [1.165, 1.54) is 31.2 Å². The fraction of sp³-hybridized carbons (Fsp3) is 0.643. The molecule has 0 radical (unpaired) electrons. The van der Waals surface area contributed by atoms with Gasteiger partial charge >= 0.3 is 0 Å². The lowest BCUT2D eigenvalue weighted by Gasteiger charge is -2.28. The van der Waals surface area contributed by atoms with Crippen LogP contribution in [-0.4, -0.2) is 35.6 Å². The van der Waals surface area contributed by atoms with E-state index < -0.39 is 0 Å². The zero-order chi connectivity index (χ0) is 11.9. The Morgan fingerprint density at radius 3 is 2.53 bits per heavy atom. The van der Waals surface area contributed by atoms with Gasteiger partial charge in [-0.15, -0.1) is 0 Å². The minimum absolute atomic E-state index is 0.771. The molecule has 0 atom stereocenters. The molecule has 3 heteroatoms. The average molecular weight is 233 g/mol. The van der Waals surface area contributed by atoms with Crippen LogP contribution in [0.1, 0.15) is 31.2 Å². The highest BCUT2D eigenvalue weighted by molar-refractivity contribution is 5.10. The summed E-state index contributed by atoms with van der Waals surface area (Å²) in [5.41, 5.74) is 7.09. The second kappa shape index (κ2) is 6.72. The Hall–Kier alpha value is -0.930. The summed E-state index contributed by atoms with van der Waals surface area (Å²) in [7, 11) is 0. The van der Waals surface area contributed by atoms with Gasteiger partial charge in [0.25, 0.3) is 0 Å². The number of nitrogens with two attached hydrogens (primary N) is 1. The smallest absolute Gasteiger partial charge is 0.0270 e. The molecule has 0 aliphatic heterocycles. The minimum Gasteiger partial charge on any atom is -0.329 e. The molecular weight excluding hydrogens is 210 g/mol. The lowest BCUT2D eigenvalue weighted by molar-refractivity contribution is 0.206. The van der Waals surface area contributed by atoms with Crippen molar-refractivity contribution in [1.82, 2.24) is 9.88 Å². The minimum atomic E-state index is 0.771. The van der Waals surface area contributed by atoms with Gasteiger partial charge in [0.05, 0.1) is 0 Å². The summed E-state index contributed by atoms with van der Waals surface area (Å²) < 4.78 is 0. The van der Waals surface area contributed by atoms with Gasteiger partial charge in [-0.2, -0.15) is 0 Å². The molecule has 1 saturated carbocycles. The Kier molecular flexibility index (Phi) is 4.95. The third-order valence-corrected chi connectivity index (χ3v) is 3.69. The Bertz CT molecular complexity index is 307. The molecule has 3 nitrogen and oxygen atoms in total. The summed E-state index contributed by atoms with van der Waals surface area (Å²) in [4.78, 5) is 6.63. The molecule has 1 fully saturated rings. The number of pyridine rings is 1. The standard InChI is InChI=1S/C14H23N3/c15-8-12-17(14-3-1-2-4-14)11-7-13-5-9-16-10-6-13/h5-6,9-10,14H,1-4,7-8,11-12,15H2. The molecule has 0 unspecified atom stereocenters. The maximum atomic E-state index is 5.71. The van der Waals surface area contributed by atoms with Gasteiger partial charge in [-0.3, -0.25) is 9.88 Å². The van der Waals surface area contributed by atoms with Crippen molar-refractivity contribution in [2.45, 2.75) is 38.1 Å². The molecule has 1 aliphatic rings. The van der Waals surface area contributed by atoms with Crippen molar-refractivity contribution in [3.8, 4) is 0 Å². The Balaban J connectivity index is 1.84. The van der Waals surface area contributed by atoms with Crippen LogP contribution in [0, 0.1) is 0 Å². The van der Waals surface area contributed by atoms with Crippen molar-refractivity contribution >= 4 is 0 Å². The van der Waals surface area contributed by atoms with Crippen LogP contribution >= 0.6 is 0 Å². The first-order valence-electron chi connectivity index (χ1n) is 6.73. The quantitative estimate of drug-likeness (QED) is 0.815. The van der Waals surface area contributed by atoms with Gasteiger partial charge in [0.1, 0.15) is 0 Å². The Labute approximate surface area is 104 Å². The normalized spacial score (nSPS) is 16.8. The highest BCUT2D eigenvalue weighted by Gasteiger charge is 2.21. The second-order valence-electron chi connectivity index (χ2n) is 4.87. The molecule has 1 aliphatic carbocycles. The molecule has 0 spiro atoms.